The minimum Gasteiger partial charge on any atom is -0.456 e. The highest BCUT2D eigenvalue weighted by Gasteiger charge is 2.29. The maximum absolute atomic E-state index is 7.23. The Kier molecular flexibility index (Phi) is 16.6. The Bertz CT molecular complexity index is 8980. The van der Waals surface area contributed by atoms with Gasteiger partial charge in [0.1, 0.15) is 44.7 Å². The van der Waals surface area contributed by atoms with Crippen molar-refractivity contribution in [3.63, 3.8) is 0 Å². The molecule has 22 aromatic carbocycles. The van der Waals surface area contributed by atoms with Crippen molar-refractivity contribution in [3.05, 3.63) is 449 Å². The van der Waals surface area contributed by atoms with Gasteiger partial charge in [-0.25, -0.2) is 0 Å². The largest absolute Gasteiger partial charge is 0.456 e. The van der Waals surface area contributed by atoms with Crippen molar-refractivity contribution in [1.82, 2.24) is 0 Å². The van der Waals surface area contributed by atoms with Gasteiger partial charge in [-0.2, -0.15) is 0 Å². The van der Waals surface area contributed by atoms with E-state index in [0.717, 1.165) is 248 Å². The Hall–Kier alpha value is -17.2. The van der Waals surface area contributed by atoms with Gasteiger partial charge in [-0.1, -0.05) is 285 Å². The Balaban J connectivity index is 0.596. The molecule has 0 bridgehead atoms. The van der Waals surface area contributed by atoms with Crippen LogP contribution in [-0.2, 0) is 0 Å². The number of furan rings is 4. The van der Waals surface area contributed by atoms with Gasteiger partial charge in [-0.05, 0) is 235 Å². The van der Waals surface area contributed by atoms with Crippen LogP contribution in [0.25, 0.3) is 186 Å². The molecule has 128 heavy (non-hydrogen) atoms. The molecular weight excluding hydrogens is 1560 g/mol. The summed E-state index contributed by atoms with van der Waals surface area (Å²) in [5.41, 5.74) is 25.7. The number of rotatable bonds is 15. The van der Waals surface area contributed by atoms with Crippen LogP contribution in [0.2, 0.25) is 0 Å². The van der Waals surface area contributed by atoms with Crippen molar-refractivity contribution >= 4 is 221 Å². The third-order valence-electron chi connectivity index (χ3n) is 26.2. The highest BCUT2D eigenvalue weighted by molar-refractivity contribution is 6.28. The molecular formula is C120H74N4O4. The summed E-state index contributed by atoms with van der Waals surface area (Å²) in [6.45, 7) is 0. The zero-order valence-corrected chi connectivity index (χ0v) is 69.1. The van der Waals surface area contributed by atoms with Crippen molar-refractivity contribution < 1.29 is 17.7 Å². The van der Waals surface area contributed by atoms with Crippen LogP contribution in [0.5, 0.6) is 0 Å². The topological polar surface area (TPSA) is 65.5 Å². The maximum atomic E-state index is 7.23. The van der Waals surface area contributed by atoms with E-state index in [1.807, 2.05) is 24.3 Å². The van der Waals surface area contributed by atoms with Gasteiger partial charge in [-0.15, -0.1) is 0 Å². The summed E-state index contributed by atoms with van der Waals surface area (Å²) >= 11 is 0. The molecule has 0 N–H and O–H groups in total. The van der Waals surface area contributed by atoms with E-state index in [9.17, 15) is 0 Å². The Morgan fingerprint density at radius 3 is 0.750 bits per heavy atom. The van der Waals surface area contributed by atoms with Crippen molar-refractivity contribution in [2.45, 2.75) is 0 Å². The lowest BCUT2D eigenvalue weighted by Crippen LogP contribution is -2.12. The lowest BCUT2D eigenvalue weighted by atomic mass is 9.92. The van der Waals surface area contributed by atoms with Gasteiger partial charge in [0.25, 0.3) is 0 Å². The first kappa shape index (κ1) is 72.4. The summed E-state index contributed by atoms with van der Waals surface area (Å²) < 4.78 is 26.7. The number of anilines is 12. The third-order valence-corrected chi connectivity index (χ3v) is 26.2. The van der Waals surface area contributed by atoms with Gasteiger partial charge in [-0.3, -0.25) is 0 Å². The second kappa shape index (κ2) is 29.2. The van der Waals surface area contributed by atoms with E-state index in [1.54, 1.807) is 0 Å². The first-order valence-electron chi connectivity index (χ1n) is 43.6. The minimum absolute atomic E-state index is 0.803. The van der Waals surface area contributed by atoms with Crippen LogP contribution in [0.4, 0.5) is 68.2 Å². The zero-order valence-electron chi connectivity index (χ0n) is 69.1. The molecule has 0 atom stereocenters. The van der Waals surface area contributed by atoms with Gasteiger partial charge in [0, 0.05) is 116 Å². The van der Waals surface area contributed by atoms with Crippen molar-refractivity contribution in [2.75, 3.05) is 19.6 Å². The molecule has 0 saturated carbocycles. The van der Waals surface area contributed by atoms with E-state index < -0.39 is 0 Å². The summed E-state index contributed by atoms with van der Waals surface area (Å²) in [5, 5.41) is 22.0. The van der Waals surface area contributed by atoms with Crippen LogP contribution in [0.3, 0.4) is 0 Å². The average Bonchev–Trinajstić information content (AvgIpc) is 0.922. The number of para-hydroxylation sites is 6. The number of nitrogens with zero attached hydrogens (tertiary/aromatic N) is 4. The quantitative estimate of drug-likeness (QED) is 0.0941. The van der Waals surface area contributed by atoms with Crippen LogP contribution >= 0.6 is 0 Å². The highest BCUT2D eigenvalue weighted by atomic mass is 16.3. The molecule has 0 spiro atoms. The maximum Gasteiger partial charge on any atom is 0.143 e. The van der Waals surface area contributed by atoms with Crippen LogP contribution in [0.1, 0.15) is 0 Å². The van der Waals surface area contributed by atoms with Gasteiger partial charge < -0.3 is 37.3 Å². The summed E-state index contributed by atoms with van der Waals surface area (Å²) in [7, 11) is 0. The lowest BCUT2D eigenvalue weighted by molar-refractivity contribution is 0.668. The van der Waals surface area contributed by atoms with Gasteiger partial charge >= 0.3 is 0 Å². The molecule has 0 unspecified atom stereocenters. The van der Waals surface area contributed by atoms with E-state index in [4.69, 9.17) is 17.7 Å². The second-order valence-corrected chi connectivity index (χ2v) is 33.3. The molecule has 0 aliphatic carbocycles. The lowest BCUT2D eigenvalue weighted by Gasteiger charge is -2.30. The fourth-order valence-electron chi connectivity index (χ4n) is 20.3. The summed E-state index contributed by atoms with van der Waals surface area (Å²) in [6, 6.07) is 163. The van der Waals surface area contributed by atoms with E-state index in [-0.39, 0.29) is 0 Å². The van der Waals surface area contributed by atoms with E-state index in [2.05, 4.69) is 444 Å². The van der Waals surface area contributed by atoms with Gasteiger partial charge in [0.05, 0.1) is 22.7 Å². The normalized spacial score (nSPS) is 11.9. The summed E-state index contributed by atoms with van der Waals surface area (Å²) in [4.78, 5) is 9.71. The monoisotopic (exact) mass is 1630 g/mol. The molecule has 0 fully saturated rings. The molecule has 598 valence electrons. The van der Waals surface area contributed by atoms with E-state index >= 15 is 0 Å². The van der Waals surface area contributed by atoms with E-state index in [1.165, 1.54) is 5.56 Å². The molecule has 0 aliphatic rings. The molecule has 0 radical (unpaired) electrons. The average molecular weight is 1640 g/mol. The molecule has 26 aromatic rings. The Morgan fingerprint density at radius 1 is 0.125 bits per heavy atom. The molecule has 4 heterocycles. The predicted molar refractivity (Wildman–Crippen MR) is 536 cm³/mol. The molecule has 4 aromatic heterocycles. The first-order chi connectivity index (χ1) is 63.5. The van der Waals surface area contributed by atoms with Gasteiger partial charge in [0.15, 0.2) is 0 Å². The SMILES string of the molecule is c1ccc(-c2ccc(N(c3ccc4oc5ccccc5c4c3)c3cc4c5ccccc5c(N(c5ccc(-c6ccccc6-c6cccc7c6oc6ccc(N(c8ccccc8)c8cc9c%10ccccc%10c(N(c%10ccccc%10)c%10ccc%11oc%12ccccc%12c%11c%10)cc9c9ccccc89)cc67)cc5)c5ccc6oc7ccccc7c6c5)cc4c4ccccc34)cc2)cc1. The van der Waals surface area contributed by atoms with Crippen LogP contribution in [0.15, 0.2) is 467 Å². The number of benzene rings is 22. The Morgan fingerprint density at radius 2 is 0.375 bits per heavy atom. The molecule has 8 nitrogen and oxygen atoms in total. The fraction of sp³-hybridized carbons (Fsp3) is 0. The molecule has 0 saturated heterocycles. The molecule has 0 amide bonds. The second-order valence-electron chi connectivity index (χ2n) is 33.3. The summed E-state index contributed by atoms with van der Waals surface area (Å²) in [5.74, 6) is 0. The predicted octanol–water partition coefficient (Wildman–Crippen LogP) is 35.1. The Labute approximate surface area is 735 Å². The highest BCUT2D eigenvalue weighted by Crippen LogP contribution is 2.54. The first-order valence-corrected chi connectivity index (χ1v) is 43.6. The smallest absolute Gasteiger partial charge is 0.143 e. The zero-order chi connectivity index (χ0) is 84.0. The van der Waals surface area contributed by atoms with Crippen molar-refractivity contribution in [2.24, 2.45) is 0 Å². The van der Waals surface area contributed by atoms with Crippen LogP contribution in [0, 0.1) is 0 Å². The van der Waals surface area contributed by atoms with Crippen molar-refractivity contribution in [3.8, 4) is 33.4 Å². The summed E-state index contributed by atoms with van der Waals surface area (Å²) in [6.07, 6.45) is 0. The van der Waals surface area contributed by atoms with Crippen LogP contribution in [-0.4, -0.2) is 0 Å². The standard InChI is InChI=1S/C120H74N4O4/c1-4-27-75(28-5-1)76-51-55-80(56-52-76)123(83-60-64-117-106(68-83)97-44-21-24-49-114(97)126-117)111-73-103-91-38-15-19-42-95(91)112(74-104(103)90-37-14-18-41-94(90)111)124(84-61-65-118-107(69-84)98-45-22-25-50-115(98)127-118)81-57-53-77(54-58-81)86-33-10-11-34-87(86)99-46-26-47-100-108-70-85(62-66-119(108)128-120(99)100)122(79-31-8-3-9-32-79)110-72-102-88-35-12-16-39-92(88)109(71-101(102)89-36-13-17-40-93(89)110)121(78-29-6-2-7-30-78)82-59-63-116-105(67-82)96-43-20-23-48-113(96)125-116/h1-74H. The number of fused-ring (bicyclic) bond motifs is 22. The minimum atomic E-state index is 0.803. The molecule has 0 aliphatic heterocycles. The molecule has 8 heteroatoms. The van der Waals surface area contributed by atoms with E-state index in [0.29, 0.717) is 0 Å². The van der Waals surface area contributed by atoms with Gasteiger partial charge in [0.2, 0.25) is 0 Å². The number of hydrogen-bond donors (Lipinski definition) is 0. The molecule has 26 rings (SSSR count). The third kappa shape index (κ3) is 11.7. The number of hydrogen-bond acceptors (Lipinski definition) is 8. The fourth-order valence-corrected chi connectivity index (χ4v) is 20.3. The van der Waals surface area contributed by atoms with Crippen molar-refractivity contribution in [1.29, 1.82) is 0 Å². The van der Waals surface area contributed by atoms with Crippen LogP contribution < -0.4 is 19.6 Å².